The summed E-state index contributed by atoms with van der Waals surface area (Å²) in [5.41, 5.74) is 0. The fraction of sp³-hybridized carbons (Fsp3) is 1.00. The van der Waals surface area contributed by atoms with Crippen LogP contribution in [0.15, 0.2) is 0 Å². The summed E-state index contributed by atoms with van der Waals surface area (Å²) >= 11 is 2.08. The highest BCUT2D eigenvalue weighted by molar-refractivity contribution is 8.01. The first-order chi connectivity index (χ1) is 3.84. The molecule has 0 aromatic rings. The van der Waals surface area contributed by atoms with E-state index in [0.29, 0.717) is 6.04 Å². The van der Waals surface area contributed by atoms with Crippen LogP contribution in [0.2, 0.25) is 0 Å². The van der Waals surface area contributed by atoms with Gasteiger partial charge in [-0.1, -0.05) is 0 Å². The molecule has 2 unspecified atom stereocenters. The van der Waals surface area contributed by atoms with Gasteiger partial charge in [-0.2, -0.15) is 11.8 Å². The van der Waals surface area contributed by atoms with Crippen LogP contribution in [0, 0.1) is 0 Å². The molecule has 0 saturated carbocycles. The minimum absolute atomic E-state index is 0.716. The highest BCUT2D eigenvalue weighted by atomic mass is 32.2. The Hall–Kier alpha value is 0.310. The molecule has 2 heteroatoms. The zero-order valence-corrected chi connectivity index (χ0v) is 6.29. The van der Waals surface area contributed by atoms with Gasteiger partial charge in [0.1, 0.15) is 0 Å². The first kappa shape index (κ1) is 6.43. The molecular formula is C6H13NS. The molecule has 0 aliphatic carbocycles. The topological polar surface area (TPSA) is 12.0 Å². The summed E-state index contributed by atoms with van der Waals surface area (Å²) in [6.07, 6.45) is 1.41. The fourth-order valence-corrected chi connectivity index (χ4v) is 1.77. The first-order valence-electron chi connectivity index (χ1n) is 3.13. The van der Waals surface area contributed by atoms with Gasteiger partial charge in [0.25, 0.3) is 0 Å². The number of thioether (sulfide) groups is 1. The molecule has 1 nitrogen and oxygen atoms in total. The standard InChI is InChI=1S/C6H13NS/c1-5(7-2)6-3-4-8-6/h5-7H,3-4H2,1-2H3. The zero-order chi connectivity index (χ0) is 5.98. The van der Waals surface area contributed by atoms with Gasteiger partial charge >= 0.3 is 0 Å². The van der Waals surface area contributed by atoms with Gasteiger partial charge in [0.2, 0.25) is 0 Å². The van der Waals surface area contributed by atoms with Gasteiger partial charge in [-0.15, -0.1) is 0 Å². The lowest BCUT2D eigenvalue weighted by Gasteiger charge is -2.30. The van der Waals surface area contributed by atoms with Crippen molar-refractivity contribution in [2.45, 2.75) is 24.6 Å². The van der Waals surface area contributed by atoms with Gasteiger partial charge in [0, 0.05) is 11.3 Å². The van der Waals surface area contributed by atoms with Crippen molar-refractivity contribution in [3.05, 3.63) is 0 Å². The average molecular weight is 131 g/mol. The van der Waals surface area contributed by atoms with Crippen LogP contribution in [0.1, 0.15) is 13.3 Å². The van der Waals surface area contributed by atoms with E-state index >= 15 is 0 Å². The second kappa shape index (κ2) is 2.74. The van der Waals surface area contributed by atoms with Gasteiger partial charge in [0.15, 0.2) is 0 Å². The molecule has 0 aromatic carbocycles. The lowest BCUT2D eigenvalue weighted by molar-refractivity contribution is 0.555. The molecule has 1 heterocycles. The maximum absolute atomic E-state index is 3.25. The molecular weight excluding hydrogens is 118 g/mol. The van der Waals surface area contributed by atoms with E-state index in [2.05, 4.69) is 24.0 Å². The molecule has 1 rings (SSSR count). The van der Waals surface area contributed by atoms with Crippen LogP contribution in [-0.2, 0) is 0 Å². The van der Waals surface area contributed by atoms with Gasteiger partial charge < -0.3 is 5.32 Å². The highest BCUT2D eigenvalue weighted by Gasteiger charge is 2.22. The first-order valence-corrected chi connectivity index (χ1v) is 4.18. The van der Waals surface area contributed by atoms with E-state index in [1.54, 1.807) is 0 Å². The third-order valence-electron chi connectivity index (χ3n) is 1.75. The predicted octanol–water partition coefficient (Wildman–Crippen LogP) is 1.10. The van der Waals surface area contributed by atoms with Crippen molar-refractivity contribution >= 4 is 11.8 Å². The van der Waals surface area contributed by atoms with Crippen LogP contribution in [0.5, 0.6) is 0 Å². The summed E-state index contributed by atoms with van der Waals surface area (Å²) in [6.45, 7) is 2.25. The van der Waals surface area contributed by atoms with Crippen LogP contribution in [0.4, 0.5) is 0 Å². The summed E-state index contributed by atoms with van der Waals surface area (Å²) in [4.78, 5) is 0. The highest BCUT2D eigenvalue weighted by Crippen LogP contribution is 2.29. The van der Waals surface area contributed by atoms with Gasteiger partial charge in [-0.3, -0.25) is 0 Å². The number of hydrogen-bond acceptors (Lipinski definition) is 2. The third kappa shape index (κ3) is 1.17. The molecule has 48 valence electrons. The van der Waals surface area contributed by atoms with Gasteiger partial charge in [-0.25, -0.2) is 0 Å². The molecule has 0 radical (unpaired) electrons. The summed E-state index contributed by atoms with van der Waals surface area (Å²) < 4.78 is 0. The van der Waals surface area contributed by atoms with Crippen molar-refractivity contribution in [3.8, 4) is 0 Å². The monoisotopic (exact) mass is 131 g/mol. The Bertz CT molecular complexity index is 68.2. The average Bonchev–Trinajstić information content (AvgIpc) is 1.62. The predicted molar refractivity (Wildman–Crippen MR) is 39.4 cm³/mol. The van der Waals surface area contributed by atoms with E-state index in [4.69, 9.17) is 0 Å². The Kier molecular flexibility index (Phi) is 2.20. The van der Waals surface area contributed by atoms with Crippen LogP contribution in [-0.4, -0.2) is 24.1 Å². The normalized spacial score (nSPS) is 31.5. The summed E-state index contributed by atoms with van der Waals surface area (Å²) in [7, 11) is 2.03. The minimum atomic E-state index is 0.716. The van der Waals surface area contributed by atoms with Crippen molar-refractivity contribution < 1.29 is 0 Å². The molecule has 1 aliphatic rings. The maximum Gasteiger partial charge on any atom is 0.0206 e. The Labute approximate surface area is 55.2 Å². The van der Waals surface area contributed by atoms with Crippen LogP contribution < -0.4 is 5.32 Å². The van der Waals surface area contributed by atoms with Gasteiger partial charge in [-0.05, 0) is 26.1 Å². The molecule has 1 aliphatic heterocycles. The molecule has 0 aromatic heterocycles. The Morgan fingerprint density at radius 2 is 2.38 bits per heavy atom. The van der Waals surface area contributed by atoms with Crippen molar-refractivity contribution in [1.29, 1.82) is 0 Å². The van der Waals surface area contributed by atoms with E-state index in [1.165, 1.54) is 12.2 Å². The molecule has 0 amide bonds. The van der Waals surface area contributed by atoms with Crippen molar-refractivity contribution in [2.75, 3.05) is 12.8 Å². The molecule has 1 N–H and O–H groups in total. The molecule has 0 spiro atoms. The second-order valence-corrected chi connectivity index (χ2v) is 3.62. The molecule has 1 fully saturated rings. The van der Waals surface area contributed by atoms with E-state index in [9.17, 15) is 0 Å². The van der Waals surface area contributed by atoms with E-state index in [0.717, 1.165) is 5.25 Å². The van der Waals surface area contributed by atoms with E-state index < -0.39 is 0 Å². The van der Waals surface area contributed by atoms with Crippen molar-refractivity contribution in [2.24, 2.45) is 0 Å². The quantitative estimate of drug-likeness (QED) is 0.602. The van der Waals surface area contributed by atoms with Crippen LogP contribution >= 0.6 is 11.8 Å². The Morgan fingerprint density at radius 3 is 2.50 bits per heavy atom. The second-order valence-electron chi connectivity index (χ2n) is 2.28. The largest absolute Gasteiger partial charge is 0.316 e. The Balaban J connectivity index is 2.13. The summed E-state index contributed by atoms with van der Waals surface area (Å²) in [5.74, 6) is 1.37. The third-order valence-corrected chi connectivity index (χ3v) is 3.29. The molecule has 0 bridgehead atoms. The number of hydrogen-bond donors (Lipinski definition) is 1. The fourth-order valence-electron chi connectivity index (χ4n) is 0.834. The lowest BCUT2D eigenvalue weighted by Crippen LogP contribution is -2.37. The van der Waals surface area contributed by atoms with Crippen molar-refractivity contribution in [3.63, 3.8) is 0 Å². The smallest absolute Gasteiger partial charge is 0.0206 e. The molecule has 2 atom stereocenters. The SMILES string of the molecule is CNC(C)C1CCS1. The zero-order valence-electron chi connectivity index (χ0n) is 5.48. The molecule has 8 heavy (non-hydrogen) atoms. The van der Waals surface area contributed by atoms with Crippen molar-refractivity contribution in [1.82, 2.24) is 5.32 Å². The summed E-state index contributed by atoms with van der Waals surface area (Å²) in [6, 6.07) is 0.716. The minimum Gasteiger partial charge on any atom is -0.316 e. The lowest BCUT2D eigenvalue weighted by atomic mass is 10.2. The number of nitrogens with one attached hydrogen (secondary N) is 1. The van der Waals surface area contributed by atoms with Crippen LogP contribution in [0.3, 0.4) is 0 Å². The molecule has 1 saturated heterocycles. The Morgan fingerprint density at radius 1 is 1.75 bits per heavy atom. The number of rotatable bonds is 2. The van der Waals surface area contributed by atoms with E-state index in [-0.39, 0.29) is 0 Å². The van der Waals surface area contributed by atoms with Crippen LogP contribution in [0.25, 0.3) is 0 Å². The maximum atomic E-state index is 3.25. The van der Waals surface area contributed by atoms with E-state index in [1.807, 2.05) is 7.05 Å². The summed E-state index contributed by atoms with van der Waals surface area (Å²) in [5, 5.41) is 4.15. The van der Waals surface area contributed by atoms with Gasteiger partial charge in [0.05, 0.1) is 0 Å².